The number of carbonyl (C=O) groups excluding carboxylic acids is 1. The van der Waals surface area contributed by atoms with E-state index in [1.165, 1.54) is 4.31 Å². The Bertz CT molecular complexity index is 618. The largest absolute Gasteiger partial charge is 0.312 e. The van der Waals surface area contributed by atoms with Crippen molar-refractivity contribution in [2.45, 2.75) is 24.9 Å². The van der Waals surface area contributed by atoms with Gasteiger partial charge in [0.25, 0.3) is 10.2 Å². The van der Waals surface area contributed by atoms with Crippen LogP contribution in [0.1, 0.15) is 23.2 Å². The molecule has 21 heavy (non-hydrogen) atoms. The fourth-order valence-corrected chi connectivity index (χ4v) is 4.52. The van der Waals surface area contributed by atoms with Crippen LogP contribution in [0.5, 0.6) is 0 Å². The van der Waals surface area contributed by atoms with Crippen LogP contribution in [0.3, 0.4) is 0 Å². The summed E-state index contributed by atoms with van der Waals surface area (Å²) in [5, 5.41) is 3.31. The fraction of sp³-hybridized carbons (Fsp3) is 0.500. The zero-order valence-electron chi connectivity index (χ0n) is 11.7. The van der Waals surface area contributed by atoms with E-state index in [1.807, 2.05) is 6.07 Å². The van der Waals surface area contributed by atoms with Gasteiger partial charge in [-0.05, 0) is 19.4 Å². The highest BCUT2D eigenvalue weighted by Crippen LogP contribution is 2.26. The summed E-state index contributed by atoms with van der Waals surface area (Å²) in [5.41, 5.74) is 0.516. The lowest BCUT2D eigenvalue weighted by Gasteiger charge is -2.22. The predicted octanol–water partition coefficient (Wildman–Crippen LogP) is 0.140. The lowest BCUT2D eigenvalue weighted by molar-refractivity contribution is 0.0996. The van der Waals surface area contributed by atoms with Crippen molar-refractivity contribution in [1.29, 1.82) is 0 Å². The van der Waals surface area contributed by atoms with Gasteiger partial charge in [0, 0.05) is 24.2 Å². The maximum absolute atomic E-state index is 12.3. The number of ketones is 1. The molecule has 2 unspecified atom stereocenters. The van der Waals surface area contributed by atoms with E-state index in [4.69, 9.17) is 0 Å². The maximum Gasteiger partial charge on any atom is 0.280 e. The van der Waals surface area contributed by atoms with Crippen LogP contribution in [-0.4, -0.2) is 50.2 Å². The molecule has 2 aliphatic heterocycles. The average molecular weight is 309 g/mol. The third-order valence-corrected chi connectivity index (χ3v) is 5.74. The molecule has 0 aromatic heterocycles. The number of rotatable bonds is 5. The molecule has 7 heteroatoms. The highest BCUT2D eigenvalue weighted by Gasteiger charge is 2.43. The minimum atomic E-state index is -3.59. The summed E-state index contributed by atoms with van der Waals surface area (Å²) < 4.78 is 28.6. The number of hydrogen-bond acceptors (Lipinski definition) is 4. The summed E-state index contributed by atoms with van der Waals surface area (Å²) in [6.07, 6.45) is 1.66. The minimum Gasteiger partial charge on any atom is -0.312 e. The molecule has 6 nitrogen and oxygen atoms in total. The monoisotopic (exact) mass is 309 g/mol. The number of nitrogens with one attached hydrogen (secondary N) is 2. The standard InChI is InChI=1S/C14H19N3O3S/c18-14(11-4-2-1-3-5-11)10-16-21(19,20)17-9-7-12-13(17)6-8-15-12/h1-5,12-13,15-16H,6-10H2. The van der Waals surface area contributed by atoms with Crippen molar-refractivity contribution in [3.63, 3.8) is 0 Å². The molecular weight excluding hydrogens is 290 g/mol. The summed E-state index contributed by atoms with van der Waals surface area (Å²) in [5.74, 6) is -0.223. The van der Waals surface area contributed by atoms with Crippen LogP contribution < -0.4 is 10.0 Å². The molecular formula is C14H19N3O3S. The van der Waals surface area contributed by atoms with E-state index >= 15 is 0 Å². The Hall–Kier alpha value is -1.28. The molecule has 2 N–H and O–H groups in total. The molecule has 2 fully saturated rings. The molecule has 1 aromatic carbocycles. The summed E-state index contributed by atoms with van der Waals surface area (Å²) >= 11 is 0. The second kappa shape index (κ2) is 5.84. The Kier molecular flexibility index (Phi) is 4.08. The van der Waals surface area contributed by atoms with Crippen LogP contribution in [0.25, 0.3) is 0 Å². The molecule has 0 spiro atoms. The van der Waals surface area contributed by atoms with E-state index in [0.717, 1.165) is 19.4 Å². The summed E-state index contributed by atoms with van der Waals surface area (Å²) in [6.45, 7) is 1.16. The van der Waals surface area contributed by atoms with E-state index in [0.29, 0.717) is 12.1 Å². The second-order valence-electron chi connectivity index (χ2n) is 5.43. The maximum atomic E-state index is 12.3. The van der Waals surface area contributed by atoms with Crippen LogP contribution in [0.4, 0.5) is 0 Å². The van der Waals surface area contributed by atoms with Crippen LogP contribution in [0.2, 0.25) is 0 Å². The molecule has 0 radical (unpaired) electrons. The van der Waals surface area contributed by atoms with Crippen LogP contribution in [0, 0.1) is 0 Å². The first-order valence-corrected chi connectivity index (χ1v) is 8.60. The highest BCUT2D eigenvalue weighted by atomic mass is 32.2. The number of carbonyl (C=O) groups is 1. The Labute approximate surface area is 124 Å². The van der Waals surface area contributed by atoms with Gasteiger partial charge in [0.1, 0.15) is 0 Å². The van der Waals surface area contributed by atoms with E-state index in [1.54, 1.807) is 24.3 Å². The Morgan fingerprint density at radius 3 is 2.81 bits per heavy atom. The number of hydrogen-bond donors (Lipinski definition) is 2. The summed E-state index contributed by atoms with van der Waals surface area (Å²) in [4.78, 5) is 12.0. The van der Waals surface area contributed by atoms with Gasteiger partial charge in [-0.25, -0.2) is 0 Å². The van der Waals surface area contributed by atoms with E-state index < -0.39 is 10.2 Å². The quantitative estimate of drug-likeness (QED) is 0.759. The lowest BCUT2D eigenvalue weighted by Crippen LogP contribution is -2.46. The third-order valence-electron chi connectivity index (χ3n) is 4.16. The number of fused-ring (bicyclic) bond motifs is 1. The van der Waals surface area contributed by atoms with Gasteiger partial charge in [0.15, 0.2) is 5.78 Å². The molecule has 2 aliphatic rings. The smallest absolute Gasteiger partial charge is 0.280 e. The topological polar surface area (TPSA) is 78.5 Å². The Morgan fingerprint density at radius 2 is 2.05 bits per heavy atom. The molecule has 2 heterocycles. The van der Waals surface area contributed by atoms with Crippen molar-refractivity contribution in [1.82, 2.24) is 14.3 Å². The second-order valence-corrected chi connectivity index (χ2v) is 7.14. The first kappa shape index (κ1) is 14.6. The molecule has 0 aliphatic carbocycles. The van der Waals surface area contributed by atoms with Crippen molar-refractivity contribution < 1.29 is 13.2 Å². The molecule has 1 aromatic rings. The zero-order chi connectivity index (χ0) is 14.9. The normalized spacial score (nSPS) is 25.9. The lowest BCUT2D eigenvalue weighted by atomic mass is 10.1. The van der Waals surface area contributed by atoms with Gasteiger partial charge < -0.3 is 5.32 Å². The van der Waals surface area contributed by atoms with Crippen LogP contribution >= 0.6 is 0 Å². The molecule has 2 saturated heterocycles. The van der Waals surface area contributed by atoms with Gasteiger partial charge in [-0.15, -0.1) is 0 Å². The fourth-order valence-electron chi connectivity index (χ4n) is 3.09. The molecule has 0 saturated carbocycles. The average Bonchev–Trinajstić information content (AvgIpc) is 3.08. The first-order chi connectivity index (χ1) is 10.1. The molecule has 114 valence electrons. The first-order valence-electron chi connectivity index (χ1n) is 7.16. The molecule has 0 amide bonds. The molecule has 0 bridgehead atoms. The highest BCUT2D eigenvalue weighted by molar-refractivity contribution is 7.87. The van der Waals surface area contributed by atoms with Crippen LogP contribution in [-0.2, 0) is 10.2 Å². The summed E-state index contributed by atoms with van der Waals surface area (Å²) in [7, 11) is -3.59. The SMILES string of the molecule is O=C(CNS(=O)(=O)N1CCC2NCCC21)c1ccccc1. The summed E-state index contributed by atoms with van der Waals surface area (Å²) in [6, 6.07) is 8.99. The molecule has 3 rings (SSSR count). The number of nitrogens with zero attached hydrogens (tertiary/aromatic N) is 1. The van der Waals surface area contributed by atoms with Crippen molar-refractivity contribution >= 4 is 16.0 Å². The van der Waals surface area contributed by atoms with Gasteiger partial charge in [0.2, 0.25) is 0 Å². The van der Waals surface area contributed by atoms with Gasteiger partial charge in [-0.2, -0.15) is 17.4 Å². The predicted molar refractivity (Wildman–Crippen MR) is 79.2 cm³/mol. The van der Waals surface area contributed by atoms with Crippen molar-refractivity contribution in [2.24, 2.45) is 0 Å². The van der Waals surface area contributed by atoms with Gasteiger partial charge in [-0.3, -0.25) is 4.79 Å². The van der Waals surface area contributed by atoms with Gasteiger partial charge in [-0.1, -0.05) is 30.3 Å². The minimum absolute atomic E-state index is 0.0225. The van der Waals surface area contributed by atoms with E-state index in [2.05, 4.69) is 10.0 Å². The Morgan fingerprint density at radius 1 is 1.29 bits per heavy atom. The Balaban J connectivity index is 1.63. The number of Topliss-reactive ketones (excluding diaryl/α,β-unsaturated/α-hetero) is 1. The zero-order valence-corrected chi connectivity index (χ0v) is 12.5. The van der Waals surface area contributed by atoms with Crippen molar-refractivity contribution in [2.75, 3.05) is 19.6 Å². The van der Waals surface area contributed by atoms with E-state index in [9.17, 15) is 13.2 Å². The molecule has 2 atom stereocenters. The number of benzene rings is 1. The van der Waals surface area contributed by atoms with Crippen molar-refractivity contribution in [3.8, 4) is 0 Å². The van der Waals surface area contributed by atoms with Gasteiger partial charge in [0.05, 0.1) is 6.54 Å². The van der Waals surface area contributed by atoms with Crippen molar-refractivity contribution in [3.05, 3.63) is 35.9 Å². The third kappa shape index (κ3) is 3.01. The van der Waals surface area contributed by atoms with Crippen LogP contribution in [0.15, 0.2) is 30.3 Å². The van der Waals surface area contributed by atoms with Gasteiger partial charge >= 0.3 is 0 Å². The van der Waals surface area contributed by atoms with E-state index in [-0.39, 0.29) is 24.4 Å².